The zero-order chi connectivity index (χ0) is 14.4. The van der Waals surface area contributed by atoms with E-state index in [9.17, 15) is 0 Å². The van der Waals surface area contributed by atoms with E-state index in [0.29, 0.717) is 0 Å². The predicted molar refractivity (Wildman–Crippen MR) is 101 cm³/mol. The Kier molecular flexibility index (Phi) is 3.21. The summed E-state index contributed by atoms with van der Waals surface area (Å²) in [5.41, 5.74) is 0. The lowest BCUT2D eigenvalue weighted by atomic mass is 10.2. The third-order valence-corrected chi connectivity index (χ3v) is 7.73. The lowest BCUT2D eigenvalue weighted by Gasteiger charge is -1.86. The van der Waals surface area contributed by atoms with Crippen LogP contribution in [-0.2, 0) is 0 Å². The molecule has 0 N–H and O–H groups in total. The fourth-order valence-corrected chi connectivity index (χ4v) is 6.87. The van der Waals surface area contributed by atoms with Gasteiger partial charge in [0.15, 0.2) is 0 Å². The van der Waals surface area contributed by atoms with Gasteiger partial charge in [-0.05, 0) is 19.9 Å². The number of fused-ring (bicyclic) bond motifs is 5. The molecule has 4 aromatic rings. The van der Waals surface area contributed by atoms with Crippen molar-refractivity contribution in [3.05, 3.63) is 46.2 Å². The van der Waals surface area contributed by atoms with Crippen molar-refractivity contribution in [3.8, 4) is 0 Å². The van der Waals surface area contributed by atoms with Crippen molar-refractivity contribution in [3.63, 3.8) is 0 Å². The van der Waals surface area contributed by atoms with E-state index in [1.807, 2.05) is 34.0 Å². The molecule has 0 saturated carbocycles. The Hall–Kier alpha value is -1.42. The van der Waals surface area contributed by atoms with Gasteiger partial charge < -0.3 is 0 Å². The quantitative estimate of drug-likeness (QED) is 0.434. The van der Waals surface area contributed by atoms with Crippen molar-refractivity contribution in [2.24, 2.45) is 0 Å². The number of hydrogen-bond donors (Lipinski definition) is 0. The summed E-state index contributed by atoms with van der Waals surface area (Å²) in [6.45, 7) is 4.19. The van der Waals surface area contributed by atoms with Crippen molar-refractivity contribution in [1.29, 1.82) is 0 Å². The Bertz CT molecular complexity index is 1100. The summed E-state index contributed by atoms with van der Waals surface area (Å²) in [6.07, 6.45) is 8.71. The van der Waals surface area contributed by atoms with Crippen LogP contribution < -0.4 is 9.75 Å². The molecule has 0 saturated heterocycles. The van der Waals surface area contributed by atoms with Crippen molar-refractivity contribution in [1.82, 2.24) is 0 Å². The van der Waals surface area contributed by atoms with Gasteiger partial charge in [-0.15, -0.1) is 34.0 Å². The molecule has 0 aliphatic rings. The Labute approximate surface area is 135 Å². The van der Waals surface area contributed by atoms with Gasteiger partial charge >= 0.3 is 0 Å². The Morgan fingerprint density at radius 3 is 2.48 bits per heavy atom. The molecule has 0 unspecified atom stereocenters. The van der Waals surface area contributed by atoms with Crippen LogP contribution in [0, 0.1) is 0 Å². The fraction of sp³-hybridized carbons (Fsp3) is 0.111. The molecule has 3 heteroatoms. The molecular weight excluding hydrogens is 312 g/mol. The van der Waals surface area contributed by atoms with Crippen LogP contribution in [0.2, 0.25) is 0 Å². The summed E-state index contributed by atoms with van der Waals surface area (Å²) in [6, 6.07) is 8.74. The topological polar surface area (TPSA) is 0 Å². The SMILES string of the molecule is C\C=C/C=c1\c(=C/C)sc2c1sc1c3ccccc3sc21. The largest absolute Gasteiger partial charge is 0.133 e. The highest BCUT2D eigenvalue weighted by Crippen LogP contribution is 2.43. The normalized spacial score (nSPS) is 14.6. The van der Waals surface area contributed by atoms with Gasteiger partial charge in [0.2, 0.25) is 0 Å². The molecule has 0 bridgehead atoms. The van der Waals surface area contributed by atoms with E-state index in [1.165, 1.54) is 38.6 Å². The summed E-state index contributed by atoms with van der Waals surface area (Å²) in [4.78, 5) is 0. The van der Waals surface area contributed by atoms with Crippen molar-refractivity contribution in [2.75, 3.05) is 0 Å². The molecule has 104 valence electrons. The summed E-state index contributed by atoms with van der Waals surface area (Å²) >= 11 is 5.80. The summed E-state index contributed by atoms with van der Waals surface area (Å²) in [7, 11) is 0. The molecule has 3 aromatic heterocycles. The summed E-state index contributed by atoms with van der Waals surface area (Å²) < 4.78 is 8.60. The molecule has 21 heavy (non-hydrogen) atoms. The van der Waals surface area contributed by atoms with E-state index in [-0.39, 0.29) is 0 Å². The van der Waals surface area contributed by atoms with E-state index < -0.39 is 0 Å². The van der Waals surface area contributed by atoms with Gasteiger partial charge in [0.05, 0.1) is 18.8 Å². The van der Waals surface area contributed by atoms with Gasteiger partial charge in [-0.1, -0.05) is 42.5 Å². The van der Waals surface area contributed by atoms with Gasteiger partial charge in [0, 0.05) is 19.8 Å². The van der Waals surface area contributed by atoms with Crippen LogP contribution in [0.15, 0.2) is 36.4 Å². The second-order valence-electron chi connectivity index (χ2n) is 4.88. The molecule has 4 rings (SSSR count). The maximum Gasteiger partial charge on any atom is 0.0642 e. The van der Waals surface area contributed by atoms with Crippen molar-refractivity contribution in [2.45, 2.75) is 13.8 Å². The van der Waals surface area contributed by atoms with Crippen LogP contribution in [0.4, 0.5) is 0 Å². The standard InChI is InChI=1S/C18H14S3/c1-3-5-8-11-13(4-2)19-17-15(11)21-16-12-9-6-7-10-14(12)20-18(16)17/h3-10H,1-2H3/b5-3-,11-8+,13-4+. The molecule has 0 amide bonds. The molecule has 0 aliphatic heterocycles. The van der Waals surface area contributed by atoms with Gasteiger partial charge in [-0.3, -0.25) is 0 Å². The van der Waals surface area contributed by atoms with E-state index in [1.54, 1.807) is 0 Å². The van der Waals surface area contributed by atoms with Gasteiger partial charge in [-0.2, -0.15) is 0 Å². The molecule has 0 nitrogen and oxygen atoms in total. The molecule has 0 fully saturated rings. The van der Waals surface area contributed by atoms with Crippen LogP contribution in [0.5, 0.6) is 0 Å². The van der Waals surface area contributed by atoms with Crippen LogP contribution in [0.1, 0.15) is 13.8 Å². The molecule has 0 aliphatic carbocycles. The minimum absolute atomic E-state index is 1.38. The number of hydrogen-bond acceptors (Lipinski definition) is 3. The molecule has 0 radical (unpaired) electrons. The minimum Gasteiger partial charge on any atom is -0.133 e. The molecular formula is C18H14S3. The third-order valence-electron chi connectivity index (χ3n) is 3.61. The smallest absolute Gasteiger partial charge is 0.0642 e. The Balaban J connectivity index is 2.23. The zero-order valence-electron chi connectivity index (χ0n) is 11.8. The lowest BCUT2D eigenvalue weighted by Crippen LogP contribution is -2.16. The van der Waals surface area contributed by atoms with Crippen LogP contribution >= 0.6 is 34.0 Å². The Morgan fingerprint density at radius 2 is 1.67 bits per heavy atom. The minimum atomic E-state index is 1.38. The number of thiophene rings is 3. The number of allylic oxidation sites excluding steroid dienone is 2. The summed E-state index contributed by atoms with van der Waals surface area (Å²) in [5, 5.41) is 2.79. The maximum atomic E-state index is 2.25. The average Bonchev–Trinajstić information content (AvgIpc) is 3.13. The molecule has 3 heterocycles. The highest BCUT2D eigenvalue weighted by Gasteiger charge is 2.14. The van der Waals surface area contributed by atoms with E-state index in [2.05, 4.69) is 62.4 Å². The van der Waals surface area contributed by atoms with E-state index >= 15 is 0 Å². The fourth-order valence-electron chi connectivity index (χ4n) is 2.64. The van der Waals surface area contributed by atoms with Crippen LogP contribution in [-0.4, -0.2) is 0 Å². The first kappa shape index (κ1) is 13.3. The summed E-state index contributed by atoms with van der Waals surface area (Å²) in [5.74, 6) is 0. The zero-order valence-corrected chi connectivity index (χ0v) is 14.3. The first-order valence-corrected chi connectivity index (χ1v) is 9.40. The van der Waals surface area contributed by atoms with Crippen LogP contribution in [0.25, 0.3) is 41.0 Å². The monoisotopic (exact) mass is 326 g/mol. The molecule has 1 aromatic carbocycles. The highest BCUT2D eigenvalue weighted by atomic mass is 32.1. The van der Waals surface area contributed by atoms with Gasteiger partial charge in [0.25, 0.3) is 0 Å². The van der Waals surface area contributed by atoms with E-state index in [0.717, 1.165) is 0 Å². The molecule has 0 atom stereocenters. The molecule has 0 spiro atoms. The van der Waals surface area contributed by atoms with Crippen molar-refractivity contribution >= 4 is 75.0 Å². The van der Waals surface area contributed by atoms with E-state index in [4.69, 9.17) is 0 Å². The number of rotatable bonds is 1. The lowest BCUT2D eigenvalue weighted by molar-refractivity contribution is 1.73. The van der Waals surface area contributed by atoms with Crippen molar-refractivity contribution < 1.29 is 0 Å². The average molecular weight is 327 g/mol. The Morgan fingerprint density at radius 1 is 0.857 bits per heavy atom. The number of benzene rings is 1. The van der Waals surface area contributed by atoms with Crippen LogP contribution in [0.3, 0.4) is 0 Å². The predicted octanol–water partition coefficient (Wildman–Crippen LogP) is 5.49. The van der Waals surface area contributed by atoms with Gasteiger partial charge in [-0.25, -0.2) is 0 Å². The second-order valence-corrected chi connectivity index (χ2v) is 8.00. The van der Waals surface area contributed by atoms with Gasteiger partial charge in [0.1, 0.15) is 0 Å². The highest BCUT2D eigenvalue weighted by molar-refractivity contribution is 7.40. The second kappa shape index (κ2) is 5.09. The maximum absolute atomic E-state index is 2.25. The third kappa shape index (κ3) is 1.92. The first-order chi connectivity index (χ1) is 10.3. The first-order valence-electron chi connectivity index (χ1n) is 6.95.